The van der Waals surface area contributed by atoms with Crippen LogP contribution in [0.1, 0.15) is 11.3 Å². The molecule has 0 bridgehead atoms. The Bertz CT molecular complexity index is 870. The molecular weight excluding hydrogens is 406 g/mol. The lowest BCUT2D eigenvalue weighted by atomic mass is 10.1. The van der Waals surface area contributed by atoms with Crippen molar-refractivity contribution in [3.8, 4) is 11.3 Å². The van der Waals surface area contributed by atoms with Crippen molar-refractivity contribution < 1.29 is 9.21 Å². The molecule has 3 nitrogen and oxygen atoms in total. The number of furan rings is 1. The molecule has 2 heterocycles. The monoisotopic (exact) mass is 419 g/mol. The zero-order valence-electron chi connectivity index (χ0n) is 12.9. The van der Waals surface area contributed by atoms with E-state index in [1.54, 1.807) is 12.2 Å². The average Bonchev–Trinajstić information content (AvgIpc) is 3.08. The van der Waals surface area contributed by atoms with E-state index in [-0.39, 0.29) is 5.91 Å². The van der Waals surface area contributed by atoms with Crippen molar-refractivity contribution >= 4 is 56.2 Å². The summed E-state index contributed by atoms with van der Waals surface area (Å²) in [5.74, 6) is 1.26. The quantitative estimate of drug-likeness (QED) is 0.377. The highest BCUT2D eigenvalue weighted by Gasteiger charge is 2.31. The van der Waals surface area contributed by atoms with Crippen LogP contribution in [0.3, 0.4) is 0 Å². The van der Waals surface area contributed by atoms with Gasteiger partial charge in [-0.3, -0.25) is 9.69 Å². The largest absolute Gasteiger partial charge is 0.457 e. The number of hydrogen-bond donors (Lipinski definition) is 0. The van der Waals surface area contributed by atoms with Crippen LogP contribution < -0.4 is 0 Å². The zero-order valence-corrected chi connectivity index (χ0v) is 16.1. The van der Waals surface area contributed by atoms with E-state index in [4.69, 9.17) is 16.6 Å². The fourth-order valence-electron chi connectivity index (χ4n) is 2.31. The van der Waals surface area contributed by atoms with Gasteiger partial charge in [-0.2, -0.15) is 0 Å². The van der Waals surface area contributed by atoms with E-state index >= 15 is 0 Å². The standard InChI is InChI=1S/C18H14BrNO2S2/c1-3-8-20-17(21)16(24-18(20)23)10-12-5-7-15(22-12)13-6-4-11(2)9-14(13)19/h3-7,9-10H,1,8H2,2H3. The smallest absolute Gasteiger partial charge is 0.266 e. The second kappa shape index (κ2) is 7.09. The summed E-state index contributed by atoms with van der Waals surface area (Å²) in [5.41, 5.74) is 2.14. The Balaban J connectivity index is 1.88. The maximum atomic E-state index is 12.3. The first kappa shape index (κ1) is 17.2. The minimum absolute atomic E-state index is 0.112. The van der Waals surface area contributed by atoms with Gasteiger partial charge in [0.25, 0.3) is 5.91 Å². The highest BCUT2D eigenvalue weighted by molar-refractivity contribution is 9.10. The third-order valence-corrected chi connectivity index (χ3v) is 5.51. The van der Waals surface area contributed by atoms with Crippen molar-refractivity contribution in [2.24, 2.45) is 0 Å². The molecule has 2 aromatic rings. The van der Waals surface area contributed by atoms with E-state index in [1.165, 1.54) is 22.2 Å². The summed E-state index contributed by atoms with van der Waals surface area (Å²) in [5, 5.41) is 0. The Hall–Kier alpha value is -1.63. The summed E-state index contributed by atoms with van der Waals surface area (Å²) in [6, 6.07) is 9.82. The van der Waals surface area contributed by atoms with Gasteiger partial charge in [-0.15, -0.1) is 6.58 Å². The van der Waals surface area contributed by atoms with Crippen molar-refractivity contribution in [1.29, 1.82) is 0 Å². The van der Waals surface area contributed by atoms with Gasteiger partial charge in [-0.05, 0) is 36.8 Å². The number of carbonyl (C=O) groups excluding carboxylic acids is 1. The van der Waals surface area contributed by atoms with Crippen LogP contribution in [0.2, 0.25) is 0 Å². The van der Waals surface area contributed by atoms with Crippen LogP contribution in [0.15, 0.2) is 56.8 Å². The number of halogens is 1. The van der Waals surface area contributed by atoms with E-state index in [2.05, 4.69) is 22.5 Å². The fourth-order valence-corrected chi connectivity index (χ4v) is 4.25. The summed E-state index contributed by atoms with van der Waals surface area (Å²) >= 11 is 10.1. The number of rotatable bonds is 4. The SMILES string of the molecule is C=CCN1C(=O)C(=Cc2ccc(-c3ccc(C)cc3Br)o2)SC1=S. The maximum Gasteiger partial charge on any atom is 0.266 e. The summed E-state index contributed by atoms with van der Waals surface area (Å²) in [4.78, 5) is 14.4. The van der Waals surface area contributed by atoms with E-state index < -0.39 is 0 Å². The van der Waals surface area contributed by atoms with Gasteiger partial charge in [0.05, 0.1) is 4.91 Å². The topological polar surface area (TPSA) is 33.5 Å². The number of benzene rings is 1. The van der Waals surface area contributed by atoms with Crippen LogP contribution in [0.25, 0.3) is 17.4 Å². The predicted molar refractivity (Wildman–Crippen MR) is 107 cm³/mol. The van der Waals surface area contributed by atoms with Gasteiger partial charge in [-0.25, -0.2) is 0 Å². The first-order valence-electron chi connectivity index (χ1n) is 7.22. The molecule has 1 aliphatic rings. The van der Waals surface area contributed by atoms with Crippen LogP contribution >= 0.6 is 39.9 Å². The molecular formula is C18H14BrNO2S2. The second-order valence-corrected chi connectivity index (χ2v) is 7.80. The molecule has 0 unspecified atom stereocenters. The highest BCUT2D eigenvalue weighted by Crippen LogP contribution is 2.35. The Morgan fingerprint density at radius 2 is 2.17 bits per heavy atom. The van der Waals surface area contributed by atoms with Crippen molar-refractivity contribution in [1.82, 2.24) is 4.90 Å². The van der Waals surface area contributed by atoms with Gasteiger partial charge in [-0.1, -0.05) is 52.1 Å². The molecule has 0 aliphatic carbocycles. The molecule has 0 spiro atoms. The van der Waals surface area contributed by atoms with Crippen LogP contribution in [-0.4, -0.2) is 21.7 Å². The lowest BCUT2D eigenvalue weighted by Gasteiger charge is -2.10. The van der Waals surface area contributed by atoms with Crippen molar-refractivity contribution in [3.05, 3.63) is 63.7 Å². The van der Waals surface area contributed by atoms with Crippen LogP contribution in [0.5, 0.6) is 0 Å². The first-order valence-corrected chi connectivity index (χ1v) is 9.24. The van der Waals surface area contributed by atoms with Crippen LogP contribution in [0, 0.1) is 6.92 Å². The molecule has 0 atom stereocenters. The van der Waals surface area contributed by atoms with Gasteiger partial charge in [0.1, 0.15) is 15.8 Å². The Morgan fingerprint density at radius 1 is 1.38 bits per heavy atom. The number of carbonyl (C=O) groups is 1. The van der Waals surface area contributed by atoms with Crippen molar-refractivity contribution in [2.45, 2.75) is 6.92 Å². The Morgan fingerprint density at radius 3 is 2.88 bits per heavy atom. The molecule has 122 valence electrons. The van der Waals surface area contributed by atoms with Crippen molar-refractivity contribution in [3.63, 3.8) is 0 Å². The lowest BCUT2D eigenvalue weighted by Crippen LogP contribution is -2.27. The molecule has 0 saturated carbocycles. The molecule has 24 heavy (non-hydrogen) atoms. The zero-order chi connectivity index (χ0) is 17.3. The molecule has 1 aromatic carbocycles. The average molecular weight is 420 g/mol. The van der Waals surface area contributed by atoms with Crippen LogP contribution in [-0.2, 0) is 4.79 Å². The number of aryl methyl sites for hydroxylation is 1. The number of nitrogens with zero attached hydrogens (tertiary/aromatic N) is 1. The van der Waals surface area contributed by atoms with Gasteiger partial charge < -0.3 is 4.42 Å². The second-order valence-electron chi connectivity index (χ2n) is 5.27. The summed E-state index contributed by atoms with van der Waals surface area (Å²) in [6.45, 7) is 6.10. The van der Waals surface area contributed by atoms with Crippen LogP contribution in [0.4, 0.5) is 0 Å². The number of thiocarbonyl (C=S) groups is 1. The Kier molecular flexibility index (Phi) is 5.08. The Labute approximate surface area is 158 Å². The fraction of sp³-hybridized carbons (Fsp3) is 0.111. The van der Waals surface area contributed by atoms with E-state index in [9.17, 15) is 4.79 Å². The maximum absolute atomic E-state index is 12.3. The van der Waals surface area contributed by atoms with Gasteiger partial charge in [0.15, 0.2) is 0 Å². The molecule has 1 amide bonds. The molecule has 1 aliphatic heterocycles. The van der Waals surface area contributed by atoms with E-state index in [0.29, 0.717) is 21.5 Å². The van der Waals surface area contributed by atoms with Crippen molar-refractivity contribution in [2.75, 3.05) is 6.54 Å². The summed E-state index contributed by atoms with van der Waals surface area (Å²) < 4.78 is 7.39. The summed E-state index contributed by atoms with van der Waals surface area (Å²) in [7, 11) is 0. The van der Waals surface area contributed by atoms with Gasteiger partial charge >= 0.3 is 0 Å². The van der Waals surface area contributed by atoms with E-state index in [1.807, 2.05) is 37.3 Å². The predicted octanol–water partition coefficient (Wildman–Crippen LogP) is 5.40. The molecule has 3 rings (SSSR count). The third kappa shape index (κ3) is 3.41. The highest BCUT2D eigenvalue weighted by atomic mass is 79.9. The number of amides is 1. The molecule has 6 heteroatoms. The molecule has 1 fully saturated rings. The number of hydrogen-bond acceptors (Lipinski definition) is 4. The normalized spacial score (nSPS) is 16.2. The molecule has 1 aromatic heterocycles. The first-order chi connectivity index (χ1) is 11.5. The minimum Gasteiger partial charge on any atom is -0.457 e. The van der Waals surface area contributed by atoms with Gasteiger partial charge in [0, 0.05) is 22.7 Å². The third-order valence-electron chi connectivity index (χ3n) is 3.48. The summed E-state index contributed by atoms with van der Waals surface area (Å²) in [6.07, 6.45) is 3.39. The molecule has 1 saturated heterocycles. The van der Waals surface area contributed by atoms with Gasteiger partial charge in [0.2, 0.25) is 0 Å². The molecule has 0 radical (unpaired) electrons. The molecule has 0 N–H and O–H groups in total. The lowest BCUT2D eigenvalue weighted by molar-refractivity contribution is -0.121. The minimum atomic E-state index is -0.112. The number of thioether (sulfide) groups is 1. The van der Waals surface area contributed by atoms with E-state index in [0.717, 1.165) is 15.8 Å².